The van der Waals surface area contributed by atoms with Crippen molar-refractivity contribution in [2.75, 3.05) is 65.6 Å². The highest BCUT2D eigenvalue weighted by atomic mass is 32.2. The number of hydrogen-bond donors (Lipinski definition) is 0. The van der Waals surface area contributed by atoms with Gasteiger partial charge in [0.2, 0.25) is 10.0 Å². The van der Waals surface area contributed by atoms with Crippen molar-refractivity contribution in [2.45, 2.75) is 24.8 Å². The van der Waals surface area contributed by atoms with Crippen LogP contribution in [0.5, 0.6) is 17.2 Å². The van der Waals surface area contributed by atoms with E-state index in [0.717, 1.165) is 11.1 Å². The maximum atomic E-state index is 13.7. The monoisotopic (exact) mass is 547 g/mol. The van der Waals surface area contributed by atoms with Crippen molar-refractivity contribution in [2.24, 2.45) is 0 Å². The van der Waals surface area contributed by atoms with Gasteiger partial charge in [0.15, 0.2) is 11.5 Å². The van der Waals surface area contributed by atoms with E-state index in [1.54, 1.807) is 39.3 Å². The van der Waals surface area contributed by atoms with Crippen LogP contribution in [-0.4, -0.2) is 90.2 Å². The van der Waals surface area contributed by atoms with Crippen molar-refractivity contribution in [3.63, 3.8) is 0 Å². The summed E-state index contributed by atoms with van der Waals surface area (Å²) >= 11 is 0. The molecule has 2 aliphatic rings. The van der Waals surface area contributed by atoms with Crippen LogP contribution < -0.4 is 19.1 Å². The fraction of sp³-hybridized carbons (Fsp3) is 0.462. The van der Waals surface area contributed by atoms with Gasteiger partial charge in [-0.25, -0.2) is 13.2 Å². The van der Waals surface area contributed by atoms with Crippen LogP contribution >= 0.6 is 0 Å². The summed E-state index contributed by atoms with van der Waals surface area (Å²) in [6.07, 6.45) is 0.550. The van der Waals surface area contributed by atoms with Crippen molar-refractivity contribution in [1.82, 2.24) is 9.21 Å². The lowest BCUT2D eigenvalue weighted by Gasteiger charge is -2.36. The fourth-order valence-corrected chi connectivity index (χ4v) is 6.20. The van der Waals surface area contributed by atoms with E-state index in [1.807, 2.05) is 17.0 Å². The predicted octanol–water partition coefficient (Wildman–Crippen LogP) is 1.67. The second-order valence-electron chi connectivity index (χ2n) is 8.90. The quantitative estimate of drug-likeness (QED) is 0.377. The van der Waals surface area contributed by atoms with E-state index in [1.165, 1.54) is 16.3 Å². The van der Waals surface area contributed by atoms with Gasteiger partial charge in [0.25, 0.3) is 0 Å². The van der Waals surface area contributed by atoms with E-state index in [2.05, 4.69) is 0 Å². The lowest BCUT2D eigenvalue weighted by molar-refractivity contribution is -0.160. The van der Waals surface area contributed by atoms with Crippen molar-refractivity contribution >= 4 is 27.6 Å². The number of carbonyl (C=O) groups excluding carboxylic acids is 2. The second kappa shape index (κ2) is 11.5. The van der Waals surface area contributed by atoms with E-state index in [-0.39, 0.29) is 18.0 Å². The number of fused-ring (bicyclic) bond motifs is 1. The van der Waals surface area contributed by atoms with Gasteiger partial charge >= 0.3 is 11.9 Å². The van der Waals surface area contributed by atoms with Crippen molar-refractivity contribution in [3.05, 3.63) is 41.5 Å². The molecule has 11 nitrogen and oxygen atoms in total. The van der Waals surface area contributed by atoms with Crippen molar-refractivity contribution < 1.29 is 37.0 Å². The lowest BCUT2D eigenvalue weighted by Crippen LogP contribution is -2.51. The molecule has 2 aliphatic heterocycles. The van der Waals surface area contributed by atoms with Crippen LogP contribution in [0.25, 0.3) is 0 Å². The molecule has 12 heteroatoms. The second-order valence-corrected chi connectivity index (χ2v) is 10.8. The van der Waals surface area contributed by atoms with Crippen LogP contribution in [0, 0.1) is 0 Å². The van der Waals surface area contributed by atoms with Gasteiger partial charge in [-0.05, 0) is 54.8 Å². The summed E-state index contributed by atoms with van der Waals surface area (Å²) < 4.78 is 50.0. The van der Waals surface area contributed by atoms with Gasteiger partial charge in [0, 0.05) is 39.3 Å². The van der Waals surface area contributed by atoms with Crippen LogP contribution in [0.2, 0.25) is 0 Å². The maximum absolute atomic E-state index is 13.7. The third-order valence-corrected chi connectivity index (χ3v) is 8.67. The number of amides is 1. The fourth-order valence-electron chi connectivity index (χ4n) is 4.76. The largest absolute Gasteiger partial charge is 0.495 e. The molecule has 0 aromatic heterocycles. The summed E-state index contributed by atoms with van der Waals surface area (Å²) in [6, 6.07) is 8.52. The van der Waals surface area contributed by atoms with Gasteiger partial charge in [-0.3, -0.25) is 4.79 Å². The molecule has 0 aliphatic carbocycles. The zero-order chi connectivity index (χ0) is 27.4. The van der Waals surface area contributed by atoms with Crippen molar-refractivity contribution in [1.29, 1.82) is 0 Å². The molecule has 1 saturated heterocycles. The van der Waals surface area contributed by atoms with Crippen LogP contribution in [0.4, 0.5) is 5.69 Å². The zero-order valence-corrected chi connectivity index (χ0v) is 22.9. The topological polar surface area (TPSA) is 115 Å². The molecule has 0 spiro atoms. The Morgan fingerprint density at radius 3 is 2.08 bits per heavy atom. The molecule has 4 rings (SSSR count). The third-order valence-electron chi connectivity index (χ3n) is 6.83. The minimum absolute atomic E-state index is 0.132. The molecule has 2 aromatic rings. The van der Waals surface area contributed by atoms with Gasteiger partial charge in [-0.15, -0.1) is 0 Å². The summed E-state index contributed by atoms with van der Waals surface area (Å²) in [5, 5.41) is 0. The minimum atomic E-state index is -3.81. The first-order valence-corrected chi connectivity index (χ1v) is 13.8. The zero-order valence-electron chi connectivity index (χ0n) is 22.1. The first kappa shape index (κ1) is 27.5. The molecule has 206 valence electrons. The number of piperazine rings is 1. The van der Waals surface area contributed by atoms with Gasteiger partial charge in [0.05, 0.1) is 38.5 Å². The molecular weight excluding hydrogens is 514 g/mol. The molecule has 1 fully saturated rings. The standard InChI is InChI=1S/C26H33N3O8S/c1-5-37-26(31)25(30)28-12-10-27(11-13-28)21-16-20(6-7-22(21)34-2)38(32,33)29-9-8-18-14-23(35-3)24(36-4)15-19(18)17-29/h6-7,14-16H,5,8-13,17H2,1-4H3. The first-order valence-electron chi connectivity index (χ1n) is 12.4. The molecular formula is C26H33N3O8S. The van der Waals surface area contributed by atoms with Gasteiger partial charge in [0.1, 0.15) is 5.75 Å². The van der Waals surface area contributed by atoms with E-state index in [4.69, 9.17) is 18.9 Å². The minimum Gasteiger partial charge on any atom is -0.495 e. The number of anilines is 1. The number of rotatable bonds is 7. The molecule has 0 atom stereocenters. The number of hydrogen-bond acceptors (Lipinski definition) is 9. The summed E-state index contributed by atoms with van der Waals surface area (Å²) in [4.78, 5) is 27.6. The molecule has 2 aromatic carbocycles. The van der Waals surface area contributed by atoms with Crippen LogP contribution in [0.1, 0.15) is 18.1 Å². The van der Waals surface area contributed by atoms with Crippen molar-refractivity contribution in [3.8, 4) is 17.2 Å². The average Bonchev–Trinajstić information content (AvgIpc) is 2.95. The average molecular weight is 548 g/mol. The number of nitrogens with zero attached hydrogens (tertiary/aromatic N) is 3. The number of ether oxygens (including phenoxy) is 4. The van der Waals surface area contributed by atoms with E-state index in [9.17, 15) is 18.0 Å². The summed E-state index contributed by atoms with van der Waals surface area (Å²) in [5.41, 5.74) is 2.51. The Bertz CT molecular complexity index is 1310. The van der Waals surface area contributed by atoms with E-state index < -0.39 is 21.9 Å². The molecule has 0 N–H and O–H groups in total. The number of sulfonamides is 1. The Balaban J connectivity index is 1.54. The SMILES string of the molecule is CCOC(=O)C(=O)N1CCN(c2cc(S(=O)(=O)N3CCc4cc(OC)c(OC)cc4C3)ccc2OC)CC1. The predicted molar refractivity (Wildman–Crippen MR) is 139 cm³/mol. The molecule has 0 saturated carbocycles. The Kier molecular flexibility index (Phi) is 8.32. The number of benzene rings is 2. The number of carbonyl (C=O) groups is 2. The third kappa shape index (κ3) is 5.37. The molecule has 0 unspecified atom stereocenters. The first-order chi connectivity index (χ1) is 18.2. The highest BCUT2D eigenvalue weighted by Crippen LogP contribution is 2.36. The van der Waals surface area contributed by atoms with Crippen LogP contribution in [-0.2, 0) is 37.3 Å². The molecule has 38 heavy (non-hydrogen) atoms. The van der Waals surface area contributed by atoms with E-state index in [0.29, 0.717) is 62.1 Å². The Morgan fingerprint density at radius 2 is 1.47 bits per heavy atom. The summed E-state index contributed by atoms with van der Waals surface area (Å²) in [5.74, 6) is 0.152. The highest BCUT2D eigenvalue weighted by molar-refractivity contribution is 7.89. The van der Waals surface area contributed by atoms with Crippen LogP contribution in [0.3, 0.4) is 0 Å². The number of methoxy groups -OCH3 is 3. The van der Waals surface area contributed by atoms with Gasteiger partial charge in [-0.2, -0.15) is 4.31 Å². The van der Waals surface area contributed by atoms with Gasteiger partial charge in [-0.1, -0.05) is 0 Å². The molecule has 0 radical (unpaired) electrons. The molecule has 1 amide bonds. The summed E-state index contributed by atoms with van der Waals surface area (Å²) in [7, 11) is 0.831. The smallest absolute Gasteiger partial charge is 0.397 e. The van der Waals surface area contributed by atoms with E-state index >= 15 is 0 Å². The highest BCUT2D eigenvalue weighted by Gasteiger charge is 2.32. The van der Waals surface area contributed by atoms with Gasteiger partial charge < -0.3 is 28.7 Å². The number of esters is 1. The van der Waals surface area contributed by atoms with Crippen LogP contribution in [0.15, 0.2) is 35.2 Å². The Morgan fingerprint density at radius 1 is 0.842 bits per heavy atom. The molecule has 2 heterocycles. The lowest BCUT2D eigenvalue weighted by atomic mass is 10.0. The Labute approximate surface area is 222 Å². The normalized spacial score (nSPS) is 16.0. The Hall–Kier alpha value is -3.51. The maximum Gasteiger partial charge on any atom is 0.397 e. The summed E-state index contributed by atoms with van der Waals surface area (Å²) in [6.45, 7) is 3.74. The molecule has 0 bridgehead atoms.